The summed E-state index contributed by atoms with van der Waals surface area (Å²) < 4.78 is 0. The van der Waals surface area contributed by atoms with Gasteiger partial charge in [0, 0.05) is 17.6 Å². The highest BCUT2D eigenvalue weighted by atomic mass is 16.2. The zero-order valence-electron chi connectivity index (χ0n) is 21.5. The Kier molecular flexibility index (Phi) is 9.71. The number of Topliss-reactive ketones (excluding diaryl/α,β-unsaturated/α-hetero) is 1. The number of nitrogens with one attached hydrogen (secondary N) is 4. The summed E-state index contributed by atoms with van der Waals surface area (Å²) in [7, 11) is 0. The van der Waals surface area contributed by atoms with Crippen LogP contribution in [0.4, 0.5) is 0 Å². The minimum atomic E-state index is -1.02. The first kappa shape index (κ1) is 27.8. The fourth-order valence-electron chi connectivity index (χ4n) is 4.37. The third-order valence-corrected chi connectivity index (χ3v) is 6.49. The number of pyridine rings is 1. The van der Waals surface area contributed by atoms with E-state index in [-0.39, 0.29) is 18.5 Å². The second-order valence-electron chi connectivity index (χ2n) is 9.75. The number of benzene rings is 1. The Balaban J connectivity index is 1.50. The molecule has 0 aliphatic heterocycles. The molecule has 3 rings (SSSR count). The Morgan fingerprint density at radius 1 is 0.946 bits per heavy atom. The van der Waals surface area contributed by atoms with E-state index in [1.165, 1.54) is 13.1 Å². The van der Waals surface area contributed by atoms with E-state index >= 15 is 0 Å². The Hall–Kier alpha value is -3.82. The topological polar surface area (TPSA) is 146 Å². The van der Waals surface area contributed by atoms with Crippen LogP contribution in [0.25, 0.3) is 10.9 Å². The van der Waals surface area contributed by atoms with Crippen molar-refractivity contribution in [1.29, 1.82) is 0 Å². The van der Waals surface area contributed by atoms with Gasteiger partial charge in [-0.1, -0.05) is 51.3 Å². The van der Waals surface area contributed by atoms with Crippen molar-refractivity contribution in [2.45, 2.75) is 71.0 Å². The SMILES string of the molecule is CC(C)[C@H](NC(=O)[C@H](C)NC(=O)CNC(=O)c1ccnc2ccccc12)C(=O)C(=O)NC1CCCCC1. The molecule has 1 aromatic carbocycles. The largest absolute Gasteiger partial charge is 0.347 e. The van der Waals surface area contributed by atoms with Crippen LogP contribution in [0.15, 0.2) is 36.5 Å². The van der Waals surface area contributed by atoms with Gasteiger partial charge in [-0.15, -0.1) is 0 Å². The van der Waals surface area contributed by atoms with Gasteiger partial charge in [0.25, 0.3) is 11.8 Å². The predicted octanol–water partition coefficient (Wildman–Crippen LogP) is 1.63. The summed E-state index contributed by atoms with van der Waals surface area (Å²) >= 11 is 0. The highest BCUT2D eigenvalue weighted by Crippen LogP contribution is 2.18. The van der Waals surface area contributed by atoms with E-state index in [1.807, 2.05) is 6.07 Å². The van der Waals surface area contributed by atoms with Gasteiger partial charge in [-0.25, -0.2) is 0 Å². The number of hydrogen-bond acceptors (Lipinski definition) is 6. The van der Waals surface area contributed by atoms with Crippen LogP contribution in [0.2, 0.25) is 0 Å². The number of rotatable bonds is 10. The van der Waals surface area contributed by atoms with Crippen molar-refractivity contribution in [1.82, 2.24) is 26.3 Å². The van der Waals surface area contributed by atoms with E-state index in [0.29, 0.717) is 16.5 Å². The van der Waals surface area contributed by atoms with Crippen LogP contribution in [0, 0.1) is 5.92 Å². The van der Waals surface area contributed by atoms with E-state index in [2.05, 4.69) is 26.3 Å². The lowest BCUT2D eigenvalue weighted by atomic mass is 9.94. The monoisotopic (exact) mass is 509 g/mol. The van der Waals surface area contributed by atoms with Gasteiger partial charge in [0.05, 0.1) is 23.7 Å². The lowest BCUT2D eigenvalue weighted by Gasteiger charge is -2.26. The maximum absolute atomic E-state index is 12.8. The Morgan fingerprint density at radius 2 is 1.65 bits per heavy atom. The molecule has 10 nitrogen and oxygen atoms in total. The van der Waals surface area contributed by atoms with Gasteiger partial charge in [-0.2, -0.15) is 0 Å². The van der Waals surface area contributed by atoms with Gasteiger partial charge in [0.2, 0.25) is 17.6 Å². The van der Waals surface area contributed by atoms with E-state index in [4.69, 9.17) is 0 Å². The van der Waals surface area contributed by atoms with Crippen LogP contribution in [0.3, 0.4) is 0 Å². The molecule has 2 atom stereocenters. The van der Waals surface area contributed by atoms with Gasteiger partial charge in [-0.3, -0.25) is 29.0 Å². The number of nitrogens with zero attached hydrogens (tertiary/aromatic N) is 1. The molecule has 1 fully saturated rings. The molecule has 0 radical (unpaired) electrons. The maximum Gasteiger partial charge on any atom is 0.289 e. The molecule has 0 spiro atoms. The molecule has 4 amide bonds. The molecule has 1 aliphatic carbocycles. The van der Waals surface area contributed by atoms with Crippen LogP contribution in [-0.4, -0.2) is 59.1 Å². The number of hydrogen-bond donors (Lipinski definition) is 4. The van der Waals surface area contributed by atoms with E-state index in [1.54, 1.807) is 38.1 Å². The lowest BCUT2D eigenvalue weighted by Crippen LogP contribution is -2.56. The van der Waals surface area contributed by atoms with Gasteiger partial charge in [0.1, 0.15) is 6.04 Å². The minimum absolute atomic E-state index is 0.0210. The number of ketones is 1. The molecule has 10 heteroatoms. The molecular formula is C27H35N5O5. The van der Waals surface area contributed by atoms with Crippen molar-refractivity contribution >= 4 is 40.3 Å². The van der Waals surface area contributed by atoms with E-state index in [0.717, 1.165) is 32.1 Å². The number of carbonyl (C=O) groups is 5. The third kappa shape index (κ3) is 7.58. The fourth-order valence-corrected chi connectivity index (χ4v) is 4.37. The molecular weight excluding hydrogens is 474 g/mol. The number of amides is 4. The Labute approximate surface area is 216 Å². The molecule has 37 heavy (non-hydrogen) atoms. The van der Waals surface area contributed by atoms with E-state index in [9.17, 15) is 24.0 Å². The zero-order chi connectivity index (χ0) is 26.9. The molecule has 1 heterocycles. The van der Waals surface area contributed by atoms with Crippen molar-refractivity contribution < 1.29 is 24.0 Å². The highest BCUT2D eigenvalue weighted by molar-refractivity contribution is 6.38. The normalized spacial score (nSPS) is 15.5. The molecule has 4 N–H and O–H groups in total. The molecule has 0 saturated heterocycles. The van der Waals surface area contributed by atoms with Crippen LogP contribution in [0.5, 0.6) is 0 Å². The quantitative estimate of drug-likeness (QED) is 0.358. The average Bonchev–Trinajstić information content (AvgIpc) is 2.89. The first-order valence-electron chi connectivity index (χ1n) is 12.7. The number of carbonyl (C=O) groups excluding carboxylic acids is 5. The summed E-state index contributed by atoms with van der Waals surface area (Å²) in [6.07, 6.45) is 6.36. The van der Waals surface area contributed by atoms with Gasteiger partial charge in [-0.05, 0) is 37.8 Å². The molecule has 0 unspecified atom stereocenters. The number of para-hydroxylation sites is 1. The summed E-state index contributed by atoms with van der Waals surface area (Å²) in [6, 6.07) is 6.71. The van der Waals surface area contributed by atoms with Crippen molar-refractivity contribution in [3.63, 3.8) is 0 Å². The number of aromatic nitrogens is 1. The van der Waals surface area contributed by atoms with Crippen molar-refractivity contribution in [2.75, 3.05) is 6.54 Å². The van der Waals surface area contributed by atoms with Crippen LogP contribution < -0.4 is 21.3 Å². The maximum atomic E-state index is 12.8. The summed E-state index contributed by atoms with van der Waals surface area (Å²) in [5, 5.41) is 11.1. The van der Waals surface area contributed by atoms with Gasteiger partial charge >= 0.3 is 0 Å². The zero-order valence-corrected chi connectivity index (χ0v) is 21.5. The lowest BCUT2D eigenvalue weighted by molar-refractivity contribution is -0.141. The Morgan fingerprint density at radius 3 is 2.35 bits per heavy atom. The van der Waals surface area contributed by atoms with Crippen molar-refractivity contribution in [2.24, 2.45) is 5.92 Å². The fraction of sp³-hybridized carbons (Fsp3) is 0.481. The van der Waals surface area contributed by atoms with Gasteiger partial charge in [0.15, 0.2) is 0 Å². The smallest absolute Gasteiger partial charge is 0.289 e. The van der Waals surface area contributed by atoms with E-state index < -0.39 is 41.5 Å². The minimum Gasteiger partial charge on any atom is -0.347 e. The summed E-state index contributed by atoms with van der Waals surface area (Å²) in [6.45, 7) is 4.59. The molecule has 1 saturated carbocycles. The standard InChI is InChI=1S/C27H35N5O5/c1-16(2)23(24(34)27(37)31-18-9-5-4-6-10-18)32-25(35)17(3)30-22(33)15-29-26(36)20-13-14-28-21-12-8-7-11-19(20)21/h7-8,11-14,16-18,23H,4-6,9-10,15H2,1-3H3,(H,29,36)(H,30,33)(H,31,37)(H,32,35)/t17-,23-/m0/s1. The average molecular weight is 510 g/mol. The first-order valence-corrected chi connectivity index (χ1v) is 12.7. The number of fused-ring (bicyclic) bond motifs is 1. The van der Waals surface area contributed by atoms with Crippen molar-refractivity contribution in [3.05, 3.63) is 42.1 Å². The second-order valence-corrected chi connectivity index (χ2v) is 9.75. The molecule has 2 aromatic rings. The van der Waals surface area contributed by atoms with Crippen molar-refractivity contribution in [3.8, 4) is 0 Å². The second kappa shape index (κ2) is 12.9. The summed E-state index contributed by atoms with van der Waals surface area (Å²) in [4.78, 5) is 67.2. The molecule has 1 aliphatic rings. The molecule has 1 aromatic heterocycles. The molecule has 0 bridgehead atoms. The van der Waals surface area contributed by atoms with Crippen LogP contribution in [-0.2, 0) is 19.2 Å². The van der Waals surface area contributed by atoms with Crippen LogP contribution in [0.1, 0.15) is 63.2 Å². The third-order valence-electron chi connectivity index (χ3n) is 6.49. The molecule has 198 valence electrons. The van der Waals surface area contributed by atoms with Gasteiger partial charge < -0.3 is 21.3 Å². The Bertz CT molecular complexity index is 1150. The summed E-state index contributed by atoms with van der Waals surface area (Å²) in [5.41, 5.74) is 1.04. The first-order chi connectivity index (χ1) is 17.7. The predicted molar refractivity (Wildman–Crippen MR) is 138 cm³/mol. The highest BCUT2D eigenvalue weighted by Gasteiger charge is 2.32. The summed E-state index contributed by atoms with van der Waals surface area (Å²) in [5.74, 6) is -3.35. The van der Waals surface area contributed by atoms with Crippen LogP contribution >= 0.6 is 0 Å².